The maximum Gasteiger partial charge on any atom is 0.306 e. The van der Waals surface area contributed by atoms with Crippen molar-refractivity contribution in [2.75, 3.05) is 13.2 Å². The molecule has 0 N–H and O–H groups in total. The number of allylic oxidation sites excluding steroid dienone is 26. The average molecular weight is 1090 g/mol. The monoisotopic (exact) mass is 1090 g/mol. The van der Waals surface area contributed by atoms with Gasteiger partial charge in [0.25, 0.3) is 0 Å². The zero-order valence-electron chi connectivity index (χ0n) is 50.8. The van der Waals surface area contributed by atoms with Crippen LogP contribution in [0.4, 0.5) is 0 Å². The van der Waals surface area contributed by atoms with E-state index in [1.807, 2.05) is 12.2 Å². The molecule has 6 nitrogen and oxygen atoms in total. The zero-order chi connectivity index (χ0) is 57.1. The molecule has 0 heterocycles. The maximum atomic E-state index is 12.9. The van der Waals surface area contributed by atoms with E-state index in [4.69, 9.17) is 14.2 Å². The number of esters is 3. The van der Waals surface area contributed by atoms with Crippen LogP contribution in [0.1, 0.15) is 265 Å². The molecule has 0 radical (unpaired) electrons. The topological polar surface area (TPSA) is 78.9 Å². The SMILES string of the molecule is CC/C=C\C/C=C\C/C=C\C/C=C\C/C=C\C/C=C\CCCCCCC(=O)OCC(COC(=O)CCCCCCCCCCC/C=C\CCCCCCCC)OC(=O)CC/C=C\C/C=C\C/C=C\C/C=C\C/C=C\C/C=C\CC. The minimum atomic E-state index is -0.840. The summed E-state index contributed by atoms with van der Waals surface area (Å²) in [7, 11) is 0. The van der Waals surface area contributed by atoms with E-state index in [1.54, 1.807) is 0 Å². The Morgan fingerprint density at radius 1 is 0.266 bits per heavy atom. The summed E-state index contributed by atoms with van der Waals surface area (Å²) < 4.78 is 16.8. The second kappa shape index (κ2) is 65.5. The Morgan fingerprint density at radius 2 is 0.519 bits per heavy atom. The Balaban J connectivity index is 4.57. The van der Waals surface area contributed by atoms with Crippen molar-refractivity contribution < 1.29 is 28.6 Å². The van der Waals surface area contributed by atoms with Gasteiger partial charge >= 0.3 is 17.9 Å². The lowest BCUT2D eigenvalue weighted by atomic mass is 10.1. The van der Waals surface area contributed by atoms with Crippen molar-refractivity contribution in [3.8, 4) is 0 Å². The quantitative estimate of drug-likeness (QED) is 0.0261. The number of unbranched alkanes of at least 4 members (excludes halogenated alkanes) is 19. The Bertz CT molecular complexity index is 1780. The zero-order valence-corrected chi connectivity index (χ0v) is 50.8. The molecule has 0 aliphatic rings. The Kier molecular flexibility index (Phi) is 61.4. The highest BCUT2D eigenvalue weighted by Gasteiger charge is 2.19. The van der Waals surface area contributed by atoms with Gasteiger partial charge in [-0.1, -0.05) is 269 Å². The molecule has 0 aliphatic carbocycles. The number of carbonyl (C=O) groups is 3. The largest absolute Gasteiger partial charge is 0.462 e. The van der Waals surface area contributed by atoms with Crippen LogP contribution in [0.5, 0.6) is 0 Å². The summed E-state index contributed by atoms with van der Waals surface area (Å²) in [6, 6.07) is 0. The molecule has 0 aromatic heterocycles. The van der Waals surface area contributed by atoms with Crippen LogP contribution < -0.4 is 0 Å². The number of hydrogen-bond donors (Lipinski definition) is 0. The van der Waals surface area contributed by atoms with E-state index in [9.17, 15) is 14.4 Å². The molecule has 0 aromatic carbocycles. The van der Waals surface area contributed by atoms with Gasteiger partial charge in [0, 0.05) is 19.3 Å². The number of carbonyl (C=O) groups excluding carboxylic acids is 3. The molecule has 444 valence electrons. The number of rotatable bonds is 56. The van der Waals surface area contributed by atoms with Gasteiger partial charge < -0.3 is 14.2 Å². The van der Waals surface area contributed by atoms with E-state index in [0.29, 0.717) is 19.3 Å². The van der Waals surface area contributed by atoms with Gasteiger partial charge in [0.05, 0.1) is 0 Å². The van der Waals surface area contributed by atoms with Gasteiger partial charge in [-0.25, -0.2) is 0 Å². The lowest BCUT2D eigenvalue weighted by molar-refractivity contribution is -0.166. The molecular formula is C73H116O6. The molecule has 0 bridgehead atoms. The predicted molar refractivity (Wildman–Crippen MR) is 343 cm³/mol. The highest BCUT2D eigenvalue weighted by molar-refractivity contribution is 5.71. The Labute approximate surface area is 486 Å². The first kappa shape index (κ1) is 74.0. The van der Waals surface area contributed by atoms with Gasteiger partial charge in [0.2, 0.25) is 0 Å². The minimum absolute atomic E-state index is 0.124. The van der Waals surface area contributed by atoms with Crippen molar-refractivity contribution >= 4 is 17.9 Å². The maximum absolute atomic E-state index is 12.9. The van der Waals surface area contributed by atoms with E-state index in [0.717, 1.165) is 128 Å². The fraction of sp³-hybridized carbons (Fsp3) is 0.603. The van der Waals surface area contributed by atoms with Gasteiger partial charge in [0.1, 0.15) is 13.2 Å². The van der Waals surface area contributed by atoms with Crippen LogP contribution in [0.2, 0.25) is 0 Å². The van der Waals surface area contributed by atoms with Crippen LogP contribution in [-0.4, -0.2) is 37.2 Å². The van der Waals surface area contributed by atoms with E-state index in [2.05, 4.69) is 167 Å². The molecule has 0 rings (SSSR count). The molecule has 0 aliphatic heterocycles. The van der Waals surface area contributed by atoms with Gasteiger partial charge in [-0.15, -0.1) is 0 Å². The highest BCUT2D eigenvalue weighted by atomic mass is 16.6. The molecule has 0 amide bonds. The molecule has 0 saturated carbocycles. The second-order valence-electron chi connectivity index (χ2n) is 20.5. The Morgan fingerprint density at radius 3 is 0.835 bits per heavy atom. The minimum Gasteiger partial charge on any atom is -0.462 e. The summed E-state index contributed by atoms with van der Waals surface area (Å²) in [5.41, 5.74) is 0. The van der Waals surface area contributed by atoms with Crippen LogP contribution in [0.3, 0.4) is 0 Å². The third-order valence-electron chi connectivity index (χ3n) is 13.0. The van der Waals surface area contributed by atoms with Gasteiger partial charge in [-0.2, -0.15) is 0 Å². The van der Waals surface area contributed by atoms with Crippen molar-refractivity contribution in [1.29, 1.82) is 0 Å². The van der Waals surface area contributed by atoms with Crippen LogP contribution >= 0.6 is 0 Å². The lowest BCUT2D eigenvalue weighted by Crippen LogP contribution is -2.30. The van der Waals surface area contributed by atoms with E-state index < -0.39 is 12.1 Å². The first-order valence-electron chi connectivity index (χ1n) is 32.0. The first-order chi connectivity index (χ1) is 39.0. The molecule has 79 heavy (non-hydrogen) atoms. The van der Waals surface area contributed by atoms with Crippen molar-refractivity contribution in [1.82, 2.24) is 0 Å². The third kappa shape index (κ3) is 63.7. The number of ether oxygens (including phenoxy) is 3. The van der Waals surface area contributed by atoms with Crippen LogP contribution in [0.15, 0.2) is 158 Å². The predicted octanol–water partition coefficient (Wildman–Crippen LogP) is 22.1. The summed E-state index contributed by atoms with van der Waals surface area (Å²) in [5, 5.41) is 0. The number of hydrogen-bond acceptors (Lipinski definition) is 6. The van der Waals surface area contributed by atoms with Gasteiger partial charge in [-0.05, 0) is 135 Å². The van der Waals surface area contributed by atoms with Gasteiger partial charge in [-0.3, -0.25) is 14.4 Å². The summed E-state index contributed by atoms with van der Waals surface area (Å²) >= 11 is 0. The van der Waals surface area contributed by atoms with Gasteiger partial charge in [0.15, 0.2) is 6.10 Å². The molecule has 1 atom stereocenters. The normalized spacial score (nSPS) is 13.2. The summed E-state index contributed by atoms with van der Waals surface area (Å²) in [6.07, 6.45) is 95.4. The van der Waals surface area contributed by atoms with Crippen LogP contribution in [0.25, 0.3) is 0 Å². The molecule has 0 fully saturated rings. The molecule has 6 heteroatoms. The Hall–Kier alpha value is -4.97. The fourth-order valence-corrected chi connectivity index (χ4v) is 8.29. The smallest absolute Gasteiger partial charge is 0.306 e. The van der Waals surface area contributed by atoms with Crippen molar-refractivity contribution in [2.24, 2.45) is 0 Å². The molecule has 1 unspecified atom stereocenters. The van der Waals surface area contributed by atoms with Crippen LogP contribution in [-0.2, 0) is 28.6 Å². The third-order valence-corrected chi connectivity index (χ3v) is 13.0. The van der Waals surface area contributed by atoms with Crippen molar-refractivity contribution in [3.63, 3.8) is 0 Å². The fourth-order valence-electron chi connectivity index (χ4n) is 8.29. The molecule has 0 spiro atoms. The molecular weight excluding hydrogens is 973 g/mol. The molecule has 0 saturated heterocycles. The van der Waals surface area contributed by atoms with Crippen molar-refractivity contribution in [2.45, 2.75) is 271 Å². The van der Waals surface area contributed by atoms with E-state index >= 15 is 0 Å². The molecule has 0 aromatic rings. The standard InChI is InChI=1S/C73H116O6/c1-4-7-10-13-16-19-22-25-28-31-34-35-36-37-40-42-45-48-51-54-57-60-63-66-72(75)78-69-70(79-73(76)67-64-61-58-55-52-49-46-43-39-33-30-27-24-21-18-15-12-9-6-3)68-77-71(74)65-62-59-56-53-50-47-44-41-38-32-29-26-23-20-17-14-11-8-5-2/h7,9-10,12,16,18-19,21,25-30,34-35,37,39-40,43,45,48-49,52,58,61,70H,4-6,8,11,13-15,17,20,22-24,31-33,36,38,41-42,44,46-47,50-51,53-57,59-60,62-69H2,1-3H3/b10-7-,12-9-,19-16-,21-18-,28-25-,29-26-,30-27-,35-34-,40-37-,43-39-,48-45-,52-49-,61-58-. The lowest BCUT2D eigenvalue weighted by Gasteiger charge is -2.18. The van der Waals surface area contributed by atoms with Crippen molar-refractivity contribution in [3.05, 3.63) is 158 Å². The van der Waals surface area contributed by atoms with E-state index in [-0.39, 0.29) is 31.6 Å². The van der Waals surface area contributed by atoms with Crippen LogP contribution in [0, 0.1) is 0 Å². The summed E-state index contributed by atoms with van der Waals surface area (Å²) in [5.74, 6) is -1.04. The highest BCUT2D eigenvalue weighted by Crippen LogP contribution is 2.14. The first-order valence-corrected chi connectivity index (χ1v) is 32.0. The summed E-state index contributed by atoms with van der Waals surface area (Å²) in [6.45, 7) is 6.33. The average Bonchev–Trinajstić information content (AvgIpc) is 3.45. The van der Waals surface area contributed by atoms with E-state index in [1.165, 1.54) is 89.9 Å². The second-order valence-corrected chi connectivity index (χ2v) is 20.5. The summed E-state index contributed by atoms with van der Waals surface area (Å²) in [4.78, 5) is 38.3.